The molecule has 1 aliphatic carbocycles. The Bertz CT molecular complexity index is 645. The van der Waals surface area contributed by atoms with Gasteiger partial charge in [-0.1, -0.05) is 40.4 Å². The molecule has 0 saturated heterocycles. The number of nitrogens with zero attached hydrogens (tertiary/aromatic N) is 2. The lowest BCUT2D eigenvalue weighted by Crippen LogP contribution is -2.05. The van der Waals surface area contributed by atoms with Crippen molar-refractivity contribution in [3.05, 3.63) is 33.5 Å². The Kier molecular flexibility index (Phi) is 3.78. The fourth-order valence-electron chi connectivity index (χ4n) is 2.96. The molecule has 5 heteroatoms. The number of nitrogen functional groups attached to an aromatic ring is 1. The maximum atomic E-state index is 6.30. The van der Waals surface area contributed by atoms with Crippen molar-refractivity contribution in [3.8, 4) is 11.3 Å². The summed E-state index contributed by atoms with van der Waals surface area (Å²) in [5.74, 6) is 2.31. The molecule has 0 aliphatic heterocycles. The highest BCUT2D eigenvalue weighted by Gasteiger charge is 2.25. The monoisotopic (exact) mass is 353 g/mol. The van der Waals surface area contributed by atoms with E-state index in [1.54, 1.807) is 0 Å². The lowest BCUT2D eigenvalue weighted by atomic mass is 10.1. The van der Waals surface area contributed by atoms with E-state index in [9.17, 15) is 0 Å². The molecule has 0 radical (unpaired) electrons. The molecule has 3 rings (SSSR count). The predicted molar refractivity (Wildman–Crippen MR) is 87.0 cm³/mol. The number of benzene rings is 1. The quantitative estimate of drug-likeness (QED) is 0.846. The number of hydrogen-bond acceptors (Lipinski definition) is 2. The van der Waals surface area contributed by atoms with E-state index in [-0.39, 0.29) is 0 Å². The number of aromatic nitrogens is 2. The van der Waals surface area contributed by atoms with Crippen molar-refractivity contribution >= 4 is 33.3 Å². The molecule has 1 aromatic heterocycles. The molecule has 1 saturated carbocycles. The smallest absolute Gasteiger partial charge is 0.131 e. The molecule has 2 aromatic rings. The first kappa shape index (κ1) is 14.0. The van der Waals surface area contributed by atoms with Crippen LogP contribution in [0.25, 0.3) is 11.3 Å². The molecule has 1 heterocycles. The van der Waals surface area contributed by atoms with E-state index in [2.05, 4.69) is 15.9 Å². The van der Waals surface area contributed by atoms with E-state index in [1.165, 1.54) is 25.7 Å². The van der Waals surface area contributed by atoms with Crippen molar-refractivity contribution in [2.75, 3.05) is 5.73 Å². The Labute approximate surface area is 132 Å². The Morgan fingerprint density at radius 2 is 2.05 bits per heavy atom. The van der Waals surface area contributed by atoms with E-state index in [0.29, 0.717) is 16.8 Å². The van der Waals surface area contributed by atoms with Crippen LogP contribution in [0.15, 0.2) is 22.7 Å². The summed E-state index contributed by atoms with van der Waals surface area (Å²) >= 11 is 9.77. The maximum absolute atomic E-state index is 6.30. The van der Waals surface area contributed by atoms with Crippen molar-refractivity contribution in [3.63, 3.8) is 0 Å². The zero-order valence-electron chi connectivity index (χ0n) is 11.4. The van der Waals surface area contributed by atoms with E-state index in [1.807, 2.05) is 29.8 Å². The van der Waals surface area contributed by atoms with Crippen LogP contribution in [-0.4, -0.2) is 9.55 Å². The summed E-state index contributed by atoms with van der Waals surface area (Å²) in [6.45, 7) is 0. The molecule has 1 fully saturated rings. The molecule has 0 spiro atoms. The second kappa shape index (κ2) is 5.41. The lowest BCUT2D eigenvalue weighted by Gasteiger charge is -2.08. The molecule has 2 N–H and O–H groups in total. The maximum Gasteiger partial charge on any atom is 0.131 e. The minimum absolute atomic E-state index is 0.530. The third kappa shape index (κ3) is 2.35. The summed E-state index contributed by atoms with van der Waals surface area (Å²) in [6.07, 6.45) is 4.97. The minimum atomic E-state index is 0.530. The summed E-state index contributed by atoms with van der Waals surface area (Å²) in [6, 6.07) is 5.76. The summed E-state index contributed by atoms with van der Waals surface area (Å²) in [5.41, 5.74) is 7.93. The molecule has 1 aromatic carbocycles. The van der Waals surface area contributed by atoms with Crippen LogP contribution in [-0.2, 0) is 7.05 Å². The van der Waals surface area contributed by atoms with Gasteiger partial charge in [-0.25, -0.2) is 4.98 Å². The average molecular weight is 355 g/mol. The molecule has 0 unspecified atom stereocenters. The largest absolute Gasteiger partial charge is 0.383 e. The molecule has 0 amide bonds. The average Bonchev–Trinajstić information content (AvgIpc) is 3.04. The van der Waals surface area contributed by atoms with Crippen LogP contribution < -0.4 is 5.73 Å². The van der Waals surface area contributed by atoms with Crippen LogP contribution in [0.1, 0.15) is 37.4 Å². The van der Waals surface area contributed by atoms with Crippen LogP contribution in [0.3, 0.4) is 0 Å². The first-order valence-electron chi connectivity index (χ1n) is 6.85. The van der Waals surface area contributed by atoms with E-state index in [0.717, 1.165) is 21.6 Å². The van der Waals surface area contributed by atoms with Gasteiger partial charge in [0.15, 0.2) is 0 Å². The zero-order valence-corrected chi connectivity index (χ0v) is 13.7. The van der Waals surface area contributed by atoms with Gasteiger partial charge in [0.1, 0.15) is 17.3 Å². The van der Waals surface area contributed by atoms with Crippen LogP contribution in [0, 0.1) is 0 Å². The van der Waals surface area contributed by atoms with Crippen molar-refractivity contribution in [2.24, 2.45) is 7.05 Å². The van der Waals surface area contributed by atoms with Crippen LogP contribution in [0.2, 0.25) is 5.02 Å². The first-order chi connectivity index (χ1) is 9.58. The Morgan fingerprint density at radius 3 is 2.75 bits per heavy atom. The standard InChI is InChI=1S/C15H17BrClN3/c1-20-14(18)13(11-8-10(16)6-7-12(11)17)19-15(20)9-4-2-3-5-9/h6-9H,2-5,18H2,1H3. The number of hydrogen-bond donors (Lipinski definition) is 1. The zero-order chi connectivity index (χ0) is 14.3. The third-order valence-electron chi connectivity index (χ3n) is 4.08. The van der Waals surface area contributed by atoms with Gasteiger partial charge in [-0.3, -0.25) is 0 Å². The number of rotatable bonds is 2. The van der Waals surface area contributed by atoms with Crippen LogP contribution in [0.4, 0.5) is 5.82 Å². The molecule has 20 heavy (non-hydrogen) atoms. The Balaban J connectivity index is 2.10. The van der Waals surface area contributed by atoms with Crippen LogP contribution in [0.5, 0.6) is 0 Å². The molecular weight excluding hydrogens is 338 g/mol. The molecule has 0 atom stereocenters. The van der Waals surface area contributed by atoms with Crippen LogP contribution >= 0.6 is 27.5 Å². The fraction of sp³-hybridized carbons (Fsp3) is 0.400. The van der Waals surface area contributed by atoms with Gasteiger partial charge in [0.2, 0.25) is 0 Å². The lowest BCUT2D eigenvalue weighted by molar-refractivity contribution is 0.635. The predicted octanol–water partition coefficient (Wildman–Crippen LogP) is 4.74. The van der Waals surface area contributed by atoms with Gasteiger partial charge in [-0.2, -0.15) is 0 Å². The van der Waals surface area contributed by atoms with Crippen molar-refractivity contribution in [2.45, 2.75) is 31.6 Å². The van der Waals surface area contributed by atoms with Gasteiger partial charge < -0.3 is 10.3 Å². The first-order valence-corrected chi connectivity index (χ1v) is 8.02. The minimum Gasteiger partial charge on any atom is -0.383 e. The SMILES string of the molecule is Cn1c(C2CCCC2)nc(-c2cc(Br)ccc2Cl)c1N. The topological polar surface area (TPSA) is 43.8 Å². The Hall–Kier alpha value is -1.00. The van der Waals surface area contributed by atoms with Gasteiger partial charge in [-0.05, 0) is 31.0 Å². The molecule has 3 nitrogen and oxygen atoms in total. The second-order valence-corrected chi connectivity index (χ2v) is 6.69. The molecular formula is C15H17BrClN3. The van der Waals surface area contributed by atoms with E-state index >= 15 is 0 Å². The highest BCUT2D eigenvalue weighted by Crippen LogP contribution is 2.39. The highest BCUT2D eigenvalue weighted by atomic mass is 79.9. The van der Waals surface area contributed by atoms with Gasteiger partial charge in [-0.15, -0.1) is 0 Å². The van der Waals surface area contributed by atoms with Gasteiger partial charge in [0, 0.05) is 23.0 Å². The second-order valence-electron chi connectivity index (χ2n) is 5.37. The number of anilines is 1. The highest BCUT2D eigenvalue weighted by molar-refractivity contribution is 9.10. The number of nitrogens with two attached hydrogens (primary N) is 1. The summed E-state index contributed by atoms with van der Waals surface area (Å²) in [5, 5.41) is 0.677. The number of halogens is 2. The summed E-state index contributed by atoms with van der Waals surface area (Å²) in [4.78, 5) is 4.80. The van der Waals surface area contributed by atoms with Gasteiger partial charge >= 0.3 is 0 Å². The van der Waals surface area contributed by atoms with E-state index < -0.39 is 0 Å². The third-order valence-corrected chi connectivity index (χ3v) is 4.90. The molecule has 106 valence electrons. The van der Waals surface area contributed by atoms with Crippen molar-refractivity contribution in [1.82, 2.24) is 9.55 Å². The van der Waals surface area contributed by atoms with Gasteiger partial charge in [0.05, 0.1) is 5.02 Å². The van der Waals surface area contributed by atoms with Gasteiger partial charge in [0.25, 0.3) is 0 Å². The number of imidazole rings is 1. The summed E-state index contributed by atoms with van der Waals surface area (Å²) in [7, 11) is 1.99. The Morgan fingerprint density at radius 1 is 1.35 bits per heavy atom. The molecule has 1 aliphatic rings. The fourth-order valence-corrected chi connectivity index (χ4v) is 3.52. The van der Waals surface area contributed by atoms with Crippen molar-refractivity contribution in [1.29, 1.82) is 0 Å². The normalized spacial score (nSPS) is 15.9. The summed E-state index contributed by atoms with van der Waals surface area (Å²) < 4.78 is 2.99. The van der Waals surface area contributed by atoms with Crippen molar-refractivity contribution < 1.29 is 0 Å². The van der Waals surface area contributed by atoms with E-state index in [4.69, 9.17) is 22.3 Å². The molecule has 0 bridgehead atoms.